The molecular weight excluding hydrogens is 294 g/mol. The van der Waals surface area contributed by atoms with Crippen molar-refractivity contribution in [2.75, 3.05) is 13.2 Å². The molecule has 1 fully saturated rings. The highest BCUT2D eigenvalue weighted by atomic mass is 79.9. The lowest BCUT2D eigenvalue weighted by Gasteiger charge is -2.25. The first-order valence-electron chi connectivity index (χ1n) is 6.53. The van der Waals surface area contributed by atoms with E-state index < -0.39 is 0 Å². The molecule has 0 bridgehead atoms. The smallest absolute Gasteiger partial charge is 0.0700 e. The molecule has 0 spiro atoms. The van der Waals surface area contributed by atoms with Gasteiger partial charge in [-0.2, -0.15) is 0 Å². The first-order valence-corrected chi connectivity index (χ1v) is 7.33. The zero-order valence-corrected chi connectivity index (χ0v) is 12.3. The Morgan fingerprint density at radius 2 is 2.22 bits per heavy atom. The highest BCUT2D eigenvalue weighted by Gasteiger charge is 2.20. The van der Waals surface area contributed by atoms with Gasteiger partial charge in [-0.15, -0.1) is 0 Å². The number of nitrogens with zero attached hydrogens (tertiary/aromatic N) is 1. The first kappa shape index (κ1) is 14.0. The van der Waals surface area contributed by atoms with Gasteiger partial charge in [-0.25, -0.2) is 0 Å². The molecule has 2 rings (SSSR count). The molecular formula is C14H20BrNO2. The van der Waals surface area contributed by atoms with Gasteiger partial charge in [0.25, 0.3) is 0 Å². The van der Waals surface area contributed by atoms with Crippen molar-refractivity contribution in [1.29, 1.82) is 0 Å². The maximum atomic E-state index is 9.42. The lowest BCUT2D eigenvalue weighted by molar-refractivity contribution is 0.0620. The number of halogens is 1. The van der Waals surface area contributed by atoms with Crippen molar-refractivity contribution in [3.8, 4) is 0 Å². The van der Waals surface area contributed by atoms with Crippen molar-refractivity contribution in [3.63, 3.8) is 0 Å². The predicted molar refractivity (Wildman–Crippen MR) is 74.4 cm³/mol. The van der Waals surface area contributed by atoms with Gasteiger partial charge in [0.15, 0.2) is 0 Å². The van der Waals surface area contributed by atoms with Crippen molar-refractivity contribution >= 4 is 15.9 Å². The summed E-state index contributed by atoms with van der Waals surface area (Å²) in [6, 6.07) is 1.96. The van der Waals surface area contributed by atoms with E-state index in [1.807, 2.05) is 12.3 Å². The fourth-order valence-corrected chi connectivity index (χ4v) is 3.03. The molecule has 1 aromatic heterocycles. The highest BCUT2D eigenvalue weighted by molar-refractivity contribution is 9.10. The SMILES string of the molecule is C[C@@H](CC1CCOCC1)c1ncc(Br)cc1CO. The second kappa shape index (κ2) is 6.64. The normalized spacial score (nSPS) is 18.8. The van der Waals surface area contributed by atoms with Crippen LogP contribution < -0.4 is 0 Å². The van der Waals surface area contributed by atoms with Gasteiger partial charge < -0.3 is 9.84 Å². The number of hydrogen-bond donors (Lipinski definition) is 1. The summed E-state index contributed by atoms with van der Waals surface area (Å²) in [6.45, 7) is 4.03. The van der Waals surface area contributed by atoms with Crippen LogP contribution in [0.2, 0.25) is 0 Å². The van der Waals surface area contributed by atoms with Crippen LogP contribution in [0.25, 0.3) is 0 Å². The number of rotatable bonds is 4. The summed E-state index contributed by atoms with van der Waals surface area (Å²) in [5.74, 6) is 1.12. The van der Waals surface area contributed by atoms with Crippen LogP contribution in [0.15, 0.2) is 16.7 Å². The molecule has 3 nitrogen and oxygen atoms in total. The summed E-state index contributed by atoms with van der Waals surface area (Å²) < 4.78 is 6.31. The van der Waals surface area contributed by atoms with E-state index in [-0.39, 0.29) is 6.61 Å². The maximum Gasteiger partial charge on any atom is 0.0700 e. The highest BCUT2D eigenvalue weighted by Crippen LogP contribution is 2.30. The van der Waals surface area contributed by atoms with E-state index in [1.54, 1.807) is 0 Å². The minimum atomic E-state index is 0.0554. The molecule has 1 atom stereocenters. The standard InChI is InChI=1S/C14H20BrNO2/c1-10(6-11-2-4-18-5-3-11)14-12(9-17)7-13(15)8-16-14/h7-8,10-11,17H,2-6,9H2,1H3/t10-/m0/s1. The quantitative estimate of drug-likeness (QED) is 0.927. The number of ether oxygens (including phenoxy) is 1. The van der Waals surface area contributed by atoms with Crippen molar-refractivity contribution in [2.45, 2.75) is 38.7 Å². The Kier molecular flexibility index (Phi) is 5.15. The zero-order valence-electron chi connectivity index (χ0n) is 10.7. The van der Waals surface area contributed by atoms with Gasteiger partial charge in [0.05, 0.1) is 6.61 Å². The molecule has 0 amide bonds. The van der Waals surface area contributed by atoms with E-state index in [0.717, 1.165) is 54.1 Å². The number of aromatic nitrogens is 1. The van der Waals surface area contributed by atoms with E-state index in [0.29, 0.717) is 5.92 Å². The van der Waals surface area contributed by atoms with Gasteiger partial charge in [-0.1, -0.05) is 6.92 Å². The first-order chi connectivity index (χ1) is 8.70. The second-order valence-electron chi connectivity index (χ2n) is 5.05. The fraction of sp³-hybridized carbons (Fsp3) is 0.643. The topological polar surface area (TPSA) is 42.4 Å². The lowest BCUT2D eigenvalue weighted by atomic mass is 9.87. The molecule has 1 saturated heterocycles. The lowest BCUT2D eigenvalue weighted by Crippen LogP contribution is -2.18. The Bertz CT molecular complexity index is 391. The summed E-state index contributed by atoms with van der Waals surface area (Å²) in [5, 5.41) is 9.42. The summed E-state index contributed by atoms with van der Waals surface area (Å²) in [4.78, 5) is 4.48. The summed E-state index contributed by atoms with van der Waals surface area (Å²) in [6.07, 6.45) is 5.24. The van der Waals surface area contributed by atoms with Crippen molar-refractivity contribution < 1.29 is 9.84 Å². The van der Waals surface area contributed by atoms with E-state index in [4.69, 9.17) is 4.74 Å². The van der Waals surface area contributed by atoms with Crippen LogP contribution in [-0.2, 0) is 11.3 Å². The third kappa shape index (κ3) is 3.53. The van der Waals surface area contributed by atoms with Crippen LogP contribution in [0.5, 0.6) is 0 Å². The number of aliphatic hydroxyl groups excluding tert-OH is 1. The van der Waals surface area contributed by atoms with E-state index >= 15 is 0 Å². The van der Waals surface area contributed by atoms with Crippen LogP contribution in [-0.4, -0.2) is 23.3 Å². The Balaban J connectivity index is 2.05. The molecule has 0 aliphatic carbocycles. The van der Waals surface area contributed by atoms with E-state index in [2.05, 4.69) is 27.8 Å². The van der Waals surface area contributed by atoms with E-state index in [1.165, 1.54) is 0 Å². The third-order valence-electron chi connectivity index (χ3n) is 3.63. The molecule has 1 aliphatic heterocycles. The molecule has 4 heteroatoms. The van der Waals surface area contributed by atoms with Crippen LogP contribution in [0.4, 0.5) is 0 Å². The predicted octanol–water partition coefficient (Wildman–Crippen LogP) is 3.26. The molecule has 100 valence electrons. The molecule has 0 saturated carbocycles. The van der Waals surface area contributed by atoms with Crippen LogP contribution in [0, 0.1) is 5.92 Å². The molecule has 0 unspecified atom stereocenters. The van der Waals surface area contributed by atoms with Gasteiger partial charge in [0, 0.05) is 35.1 Å². The zero-order chi connectivity index (χ0) is 13.0. The minimum absolute atomic E-state index is 0.0554. The Labute approximate surface area is 117 Å². The van der Waals surface area contributed by atoms with E-state index in [9.17, 15) is 5.11 Å². The summed E-state index contributed by atoms with van der Waals surface area (Å²) >= 11 is 3.39. The molecule has 0 radical (unpaired) electrons. The average Bonchev–Trinajstić information content (AvgIpc) is 2.39. The van der Waals surface area contributed by atoms with Crippen LogP contribution >= 0.6 is 15.9 Å². The Morgan fingerprint density at radius 3 is 2.89 bits per heavy atom. The fourth-order valence-electron chi connectivity index (χ4n) is 2.66. The third-order valence-corrected chi connectivity index (χ3v) is 4.07. The maximum absolute atomic E-state index is 9.42. The van der Waals surface area contributed by atoms with Gasteiger partial charge in [0.1, 0.15) is 0 Å². The second-order valence-corrected chi connectivity index (χ2v) is 5.96. The van der Waals surface area contributed by atoms with Crippen LogP contribution in [0.3, 0.4) is 0 Å². The number of hydrogen-bond acceptors (Lipinski definition) is 3. The van der Waals surface area contributed by atoms with Crippen molar-refractivity contribution in [1.82, 2.24) is 4.98 Å². The summed E-state index contributed by atoms with van der Waals surface area (Å²) in [7, 11) is 0. The molecule has 1 aromatic rings. The van der Waals surface area contributed by atoms with Crippen molar-refractivity contribution in [3.05, 3.63) is 28.0 Å². The molecule has 1 aliphatic rings. The Hall–Kier alpha value is -0.450. The van der Waals surface area contributed by atoms with Gasteiger partial charge in [-0.05, 0) is 53.1 Å². The van der Waals surface area contributed by atoms with Crippen LogP contribution in [0.1, 0.15) is 43.4 Å². The molecule has 2 heterocycles. The number of aliphatic hydroxyl groups is 1. The van der Waals surface area contributed by atoms with Crippen molar-refractivity contribution in [2.24, 2.45) is 5.92 Å². The van der Waals surface area contributed by atoms with Gasteiger partial charge >= 0.3 is 0 Å². The molecule has 1 N–H and O–H groups in total. The monoisotopic (exact) mass is 313 g/mol. The largest absolute Gasteiger partial charge is 0.392 e. The minimum Gasteiger partial charge on any atom is -0.392 e. The van der Waals surface area contributed by atoms with Gasteiger partial charge in [0.2, 0.25) is 0 Å². The average molecular weight is 314 g/mol. The number of pyridine rings is 1. The molecule has 0 aromatic carbocycles. The Morgan fingerprint density at radius 1 is 1.50 bits per heavy atom. The van der Waals surface area contributed by atoms with Gasteiger partial charge in [-0.3, -0.25) is 4.98 Å². The molecule has 18 heavy (non-hydrogen) atoms. The summed E-state index contributed by atoms with van der Waals surface area (Å²) in [5.41, 5.74) is 1.97.